The molecule has 0 atom stereocenters. The second-order valence-electron chi connectivity index (χ2n) is 5.60. The third-order valence-electron chi connectivity index (χ3n) is 4.29. The van der Waals surface area contributed by atoms with Gasteiger partial charge in [-0.1, -0.05) is 19.8 Å². The van der Waals surface area contributed by atoms with Crippen LogP contribution in [0, 0.1) is 5.41 Å². The summed E-state index contributed by atoms with van der Waals surface area (Å²) in [7, 11) is 2.03. The predicted octanol–water partition coefficient (Wildman–Crippen LogP) is 2.38. The number of hydrogen-bond donors (Lipinski definition) is 2. The largest absolute Gasteiger partial charge is 0.380 e. The molecule has 0 amide bonds. The Morgan fingerprint density at radius 3 is 2.71 bits per heavy atom. The lowest BCUT2D eigenvalue weighted by atomic mass is 9.69. The molecule has 1 aromatic rings. The number of nitrogens with one attached hydrogen (secondary N) is 2. The Morgan fingerprint density at radius 2 is 2.06 bits per heavy atom. The molecule has 94 valence electrons. The summed E-state index contributed by atoms with van der Waals surface area (Å²) in [5.74, 6) is 1.18. The fraction of sp³-hybridized carbons (Fsp3) is 0.769. The van der Waals surface area contributed by atoms with Crippen LogP contribution in [-0.2, 0) is 13.5 Å². The molecular weight excluding hydrogens is 212 g/mol. The first-order chi connectivity index (χ1) is 8.24. The van der Waals surface area contributed by atoms with E-state index in [9.17, 15) is 0 Å². The smallest absolute Gasteiger partial charge is 0.148 e. The number of anilines is 2. The standard InChI is InChI=1S/C13H22N4/c1-3-5-10-11-12(17(2)16-10)15-9-13(8-14-11)6-4-7-13/h14-15H,3-9H2,1-2H3. The van der Waals surface area contributed by atoms with Crippen molar-refractivity contribution < 1.29 is 0 Å². The van der Waals surface area contributed by atoms with Gasteiger partial charge in [-0.3, -0.25) is 4.68 Å². The quantitative estimate of drug-likeness (QED) is 0.825. The summed E-state index contributed by atoms with van der Waals surface area (Å²) in [5, 5.41) is 11.9. The fourth-order valence-corrected chi connectivity index (χ4v) is 3.02. The predicted molar refractivity (Wildman–Crippen MR) is 70.5 cm³/mol. The van der Waals surface area contributed by atoms with E-state index in [0.29, 0.717) is 5.41 Å². The van der Waals surface area contributed by atoms with Crippen LogP contribution in [0.5, 0.6) is 0 Å². The third-order valence-corrected chi connectivity index (χ3v) is 4.29. The minimum absolute atomic E-state index is 0.502. The van der Waals surface area contributed by atoms with Gasteiger partial charge in [0.15, 0.2) is 0 Å². The van der Waals surface area contributed by atoms with Gasteiger partial charge in [0.25, 0.3) is 0 Å². The van der Waals surface area contributed by atoms with Gasteiger partial charge in [0, 0.05) is 25.6 Å². The second-order valence-corrected chi connectivity index (χ2v) is 5.60. The van der Waals surface area contributed by atoms with Gasteiger partial charge in [-0.25, -0.2) is 0 Å². The van der Waals surface area contributed by atoms with Gasteiger partial charge < -0.3 is 10.6 Å². The molecule has 0 radical (unpaired) electrons. The molecule has 2 aliphatic rings. The van der Waals surface area contributed by atoms with Crippen LogP contribution in [0.2, 0.25) is 0 Å². The molecule has 2 heterocycles. The molecule has 1 aliphatic heterocycles. The molecule has 4 nitrogen and oxygen atoms in total. The van der Waals surface area contributed by atoms with Crippen LogP contribution < -0.4 is 10.6 Å². The van der Waals surface area contributed by atoms with Crippen molar-refractivity contribution in [2.24, 2.45) is 12.5 Å². The van der Waals surface area contributed by atoms with Crippen LogP contribution in [0.1, 0.15) is 38.3 Å². The molecule has 4 heteroatoms. The summed E-state index contributed by atoms with van der Waals surface area (Å²) < 4.78 is 1.99. The van der Waals surface area contributed by atoms with E-state index in [1.165, 1.54) is 36.5 Å². The molecule has 1 aliphatic carbocycles. The Balaban J connectivity index is 1.87. The first kappa shape index (κ1) is 10.9. The molecule has 1 fully saturated rings. The lowest BCUT2D eigenvalue weighted by molar-refractivity contribution is 0.171. The first-order valence-electron chi connectivity index (χ1n) is 6.78. The van der Waals surface area contributed by atoms with Crippen LogP contribution in [0.25, 0.3) is 0 Å². The Hall–Kier alpha value is -1.19. The normalized spacial score (nSPS) is 21.1. The monoisotopic (exact) mass is 234 g/mol. The molecule has 0 bridgehead atoms. The Kier molecular flexibility index (Phi) is 2.53. The highest BCUT2D eigenvalue weighted by Crippen LogP contribution is 2.44. The summed E-state index contributed by atoms with van der Waals surface area (Å²) in [6.45, 7) is 4.41. The van der Waals surface area contributed by atoms with Crippen LogP contribution in [0.15, 0.2) is 0 Å². The molecule has 1 aromatic heterocycles. The van der Waals surface area contributed by atoms with E-state index in [1.807, 2.05) is 11.7 Å². The SMILES string of the molecule is CCCc1nn(C)c2c1NCC1(CCC1)CN2. The van der Waals surface area contributed by atoms with Gasteiger partial charge in [0.05, 0.1) is 5.69 Å². The molecule has 17 heavy (non-hydrogen) atoms. The van der Waals surface area contributed by atoms with Gasteiger partial charge in [-0.2, -0.15) is 5.10 Å². The minimum Gasteiger partial charge on any atom is -0.380 e. The Morgan fingerprint density at radius 1 is 1.29 bits per heavy atom. The lowest BCUT2D eigenvalue weighted by Gasteiger charge is -2.41. The zero-order chi connectivity index (χ0) is 11.9. The molecule has 1 saturated carbocycles. The number of nitrogens with zero attached hydrogens (tertiary/aromatic N) is 2. The van der Waals surface area contributed by atoms with Crippen molar-refractivity contribution >= 4 is 11.5 Å². The Bertz CT molecular complexity index is 417. The summed E-state index contributed by atoms with van der Waals surface area (Å²) >= 11 is 0. The second kappa shape index (κ2) is 3.93. The average Bonchev–Trinajstić information content (AvgIpc) is 2.48. The van der Waals surface area contributed by atoms with E-state index < -0.39 is 0 Å². The highest BCUT2D eigenvalue weighted by molar-refractivity contribution is 5.69. The average molecular weight is 234 g/mol. The van der Waals surface area contributed by atoms with Gasteiger partial charge in [0.1, 0.15) is 11.5 Å². The fourth-order valence-electron chi connectivity index (χ4n) is 3.02. The third kappa shape index (κ3) is 1.70. The number of aryl methyl sites for hydroxylation is 2. The summed E-state index contributed by atoms with van der Waals surface area (Å²) in [4.78, 5) is 0. The van der Waals surface area contributed by atoms with Crippen molar-refractivity contribution in [3.05, 3.63) is 5.69 Å². The summed E-state index contributed by atoms with van der Waals surface area (Å²) in [6.07, 6.45) is 6.32. The van der Waals surface area contributed by atoms with Crippen molar-refractivity contribution in [2.45, 2.75) is 39.0 Å². The highest BCUT2D eigenvalue weighted by Gasteiger charge is 2.39. The maximum atomic E-state index is 4.61. The topological polar surface area (TPSA) is 41.9 Å². The van der Waals surface area contributed by atoms with Crippen molar-refractivity contribution in [1.29, 1.82) is 0 Å². The van der Waals surface area contributed by atoms with E-state index in [0.717, 1.165) is 25.9 Å². The zero-order valence-corrected chi connectivity index (χ0v) is 10.8. The van der Waals surface area contributed by atoms with E-state index in [-0.39, 0.29) is 0 Å². The van der Waals surface area contributed by atoms with Gasteiger partial charge in [-0.05, 0) is 19.3 Å². The molecule has 0 unspecified atom stereocenters. The van der Waals surface area contributed by atoms with Crippen molar-refractivity contribution in [1.82, 2.24) is 9.78 Å². The van der Waals surface area contributed by atoms with Crippen LogP contribution in [0.4, 0.5) is 11.5 Å². The molecular formula is C13H22N4. The van der Waals surface area contributed by atoms with Crippen molar-refractivity contribution in [3.63, 3.8) is 0 Å². The molecule has 0 saturated heterocycles. The van der Waals surface area contributed by atoms with Gasteiger partial charge in [-0.15, -0.1) is 0 Å². The molecule has 0 aromatic carbocycles. The number of hydrogen-bond acceptors (Lipinski definition) is 3. The number of aromatic nitrogens is 2. The van der Waals surface area contributed by atoms with E-state index in [1.54, 1.807) is 0 Å². The van der Waals surface area contributed by atoms with E-state index in [2.05, 4.69) is 22.7 Å². The van der Waals surface area contributed by atoms with Crippen LogP contribution in [-0.4, -0.2) is 22.9 Å². The number of fused-ring (bicyclic) bond motifs is 1. The van der Waals surface area contributed by atoms with Gasteiger partial charge >= 0.3 is 0 Å². The zero-order valence-electron chi connectivity index (χ0n) is 10.8. The first-order valence-corrected chi connectivity index (χ1v) is 6.78. The molecule has 2 N–H and O–H groups in total. The summed E-state index contributed by atoms with van der Waals surface area (Å²) in [6, 6.07) is 0. The van der Waals surface area contributed by atoms with E-state index in [4.69, 9.17) is 0 Å². The highest BCUT2D eigenvalue weighted by atomic mass is 15.3. The lowest BCUT2D eigenvalue weighted by Crippen LogP contribution is -2.41. The molecule has 3 rings (SSSR count). The number of rotatable bonds is 2. The minimum atomic E-state index is 0.502. The van der Waals surface area contributed by atoms with Crippen molar-refractivity contribution in [3.8, 4) is 0 Å². The van der Waals surface area contributed by atoms with Crippen LogP contribution in [0.3, 0.4) is 0 Å². The van der Waals surface area contributed by atoms with Gasteiger partial charge in [0.2, 0.25) is 0 Å². The van der Waals surface area contributed by atoms with Crippen LogP contribution >= 0.6 is 0 Å². The van der Waals surface area contributed by atoms with E-state index >= 15 is 0 Å². The molecule has 1 spiro atoms. The van der Waals surface area contributed by atoms with Crippen molar-refractivity contribution in [2.75, 3.05) is 23.7 Å². The summed E-state index contributed by atoms with van der Waals surface area (Å²) in [5.41, 5.74) is 2.97. The maximum Gasteiger partial charge on any atom is 0.148 e. The maximum absolute atomic E-state index is 4.61. The Labute approximate surface area is 103 Å².